The van der Waals surface area contributed by atoms with E-state index in [1.807, 2.05) is 0 Å². The molecule has 0 bridgehead atoms. The molecule has 0 unspecified atom stereocenters. The van der Waals surface area contributed by atoms with Crippen molar-refractivity contribution in [1.29, 1.82) is 0 Å². The fourth-order valence-corrected chi connectivity index (χ4v) is 0. The van der Waals surface area contributed by atoms with Gasteiger partial charge in [-0.25, -0.2) is 0 Å². The molecule has 0 saturated heterocycles. The summed E-state index contributed by atoms with van der Waals surface area (Å²) in [6, 6.07) is 0. The minimum Gasteiger partial charge on any atom is -0.379 e. The predicted octanol–water partition coefficient (Wildman–Crippen LogP) is -0.513. The van der Waals surface area contributed by atoms with E-state index in [-0.39, 0.29) is 17.1 Å². The number of nitrogens with zero attached hydrogens (tertiary/aromatic N) is 1. The van der Waals surface area contributed by atoms with Crippen molar-refractivity contribution in [2.75, 3.05) is 0 Å². The number of hydrogen-bond donors (Lipinski definition) is 3. The van der Waals surface area contributed by atoms with E-state index in [1.54, 1.807) is 0 Å². The van der Waals surface area contributed by atoms with Gasteiger partial charge in [0.15, 0.2) is 5.34 Å². The molecule has 0 atom stereocenters. The van der Waals surface area contributed by atoms with Gasteiger partial charge in [-0.2, -0.15) is 8.42 Å². The summed E-state index contributed by atoms with van der Waals surface area (Å²) in [6.45, 7) is 0. The van der Waals surface area contributed by atoms with E-state index in [4.69, 9.17) is 27.6 Å². The number of hydrogen-bond acceptors (Lipinski definition) is 4. The maximum Gasteiger partial charge on any atom is 0.394 e. The first-order valence-corrected chi connectivity index (χ1v) is 2.48. The van der Waals surface area contributed by atoms with Crippen LogP contribution in [-0.4, -0.2) is 22.7 Å². The second kappa shape index (κ2) is 7.79. The van der Waals surface area contributed by atoms with Gasteiger partial charge >= 0.3 is 10.4 Å². The first kappa shape index (κ1) is 15.9. The van der Waals surface area contributed by atoms with Gasteiger partial charge in [0, 0.05) is 17.1 Å². The summed E-state index contributed by atoms with van der Waals surface area (Å²) < 4.78 is 31.6. The van der Waals surface area contributed by atoms with Crippen LogP contribution in [0, 0.1) is 4.91 Å². The summed E-state index contributed by atoms with van der Waals surface area (Å²) in [5.74, 6) is 0. The Morgan fingerprint density at radius 2 is 1.22 bits per heavy atom. The monoisotopic (exact) mass is 208 g/mol. The van der Waals surface area contributed by atoms with E-state index in [0.717, 1.165) is 0 Å². The third-order valence-corrected chi connectivity index (χ3v) is 0. The smallest absolute Gasteiger partial charge is 0.379 e. The van der Waals surface area contributed by atoms with Gasteiger partial charge < -0.3 is 5.21 Å². The molecule has 7 nitrogen and oxygen atoms in total. The Hall–Kier alpha value is -0.211. The summed E-state index contributed by atoms with van der Waals surface area (Å²) in [5, 5.41) is 7.89. The largest absolute Gasteiger partial charge is 0.394 e. The Morgan fingerprint density at radius 1 is 1.22 bits per heavy atom. The zero-order chi connectivity index (χ0) is 7.21. The van der Waals surface area contributed by atoms with Crippen molar-refractivity contribution in [1.82, 2.24) is 0 Å². The molecule has 0 aliphatic carbocycles. The molecule has 0 heterocycles. The van der Waals surface area contributed by atoms with Crippen molar-refractivity contribution in [2.45, 2.75) is 0 Å². The van der Waals surface area contributed by atoms with Gasteiger partial charge in [-0.05, 0) is 0 Å². The predicted molar refractivity (Wildman–Crippen MR) is 21.8 cm³/mol. The fraction of sp³-hybridized carbons (Fsp3) is 0. The van der Waals surface area contributed by atoms with Crippen molar-refractivity contribution < 1.29 is 39.8 Å². The third-order valence-electron chi connectivity index (χ3n) is 0. The standard InChI is InChI=1S/Cu.HNO2.H2O4S/c;2-1-3;1-5(2,3)4/h;(H,2,3);(H2,1,2,3,4). The average Bonchev–Trinajstić information content (AvgIpc) is 1.27. The molecule has 0 spiro atoms. The van der Waals surface area contributed by atoms with Gasteiger partial charge in [0.2, 0.25) is 0 Å². The molecule has 0 fully saturated rings. The van der Waals surface area contributed by atoms with Crippen LogP contribution in [0.1, 0.15) is 0 Å². The van der Waals surface area contributed by atoms with E-state index >= 15 is 0 Å². The second-order valence-electron chi connectivity index (χ2n) is 0.529. The van der Waals surface area contributed by atoms with Crippen LogP contribution in [0.4, 0.5) is 0 Å². The molecule has 0 saturated carbocycles. The molecule has 3 N–H and O–H groups in total. The molecule has 0 rings (SSSR count). The first-order valence-electron chi connectivity index (χ1n) is 1.08. The maximum atomic E-state index is 8.74. The molecule has 9 heavy (non-hydrogen) atoms. The third kappa shape index (κ3) is 5890. The van der Waals surface area contributed by atoms with Crippen LogP contribution < -0.4 is 0 Å². The molecule has 0 aromatic heterocycles. The quantitative estimate of drug-likeness (QED) is 0.213. The van der Waals surface area contributed by atoms with Crippen molar-refractivity contribution in [3.05, 3.63) is 4.91 Å². The maximum absolute atomic E-state index is 8.74. The summed E-state index contributed by atoms with van der Waals surface area (Å²) in [4.78, 5) is 8.11. The fourth-order valence-electron chi connectivity index (χ4n) is 0. The van der Waals surface area contributed by atoms with Gasteiger partial charge in [0.1, 0.15) is 0 Å². The average molecular weight is 209 g/mol. The summed E-state index contributed by atoms with van der Waals surface area (Å²) in [6.07, 6.45) is 0. The molecule has 0 aromatic rings. The van der Waals surface area contributed by atoms with Crippen molar-refractivity contribution in [3.63, 3.8) is 0 Å². The van der Waals surface area contributed by atoms with Gasteiger partial charge in [-0.3, -0.25) is 9.11 Å². The van der Waals surface area contributed by atoms with Crippen LogP contribution >= 0.6 is 0 Å². The van der Waals surface area contributed by atoms with Crippen LogP contribution in [0.25, 0.3) is 0 Å². The van der Waals surface area contributed by atoms with Gasteiger partial charge in [-0.15, -0.1) is 4.91 Å². The Balaban J connectivity index is -0.0000000800. The van der Waals surface area contributed by atoms with Gasteiger partial charge in [0.05, 0.1) is 0 Å². The minimum absolute atomic E-state index is 0. The van der Waals surface area contributed by atoms with Crippen molar-refractivity contribution in [2.24, 2.45) is 5.34 Å². The van der Waals surface area contributed by atoms with E-state index in [0.29, 0.717) is 0 Å². The zero-order valence-electron chi connectivity index (χ0n) is 3.72. The number of rotatable bonds is 0. The van der Waals surface area contributed by atoms with Crippen LogP contribution in [0.3, 0.4) is 0 Å². The summed E-state index contributed by atoms with van der Waals surface area (Å²) in [5.41, 5.74) is 0. The topological polar surface area (TPSA) is 124 Å². The Morgan fingerprint density at radius 3 is 1.22 bits per heavy atom. The van der Waals surface area contributed by atoms with Gasteiger partial charge in [0.25, 0.3) is 0 Å². The van der Waals surface area contributed by atoms with Crippen LogP contribution in [0.15, 0.2) is 5.34 Å². The molecule has 0 aliphatic rings. The normalized spacial score (nSPS) is 7.78. The van der Waals surface area contributed by atoms with E-state index < -0.39 is 10.4 Å². The van der Waals surface area contributed by atoms with Crippen LogP contribution in [-0.2, 0) is 27.5 Å². The SMILES string of the molecule is O=NO.O=S(=O)(O)O.[Cu]. The molecule has 9 heteroatoms. The summed E-state index contributed by atoms with van der Waals surface area (Å²) >= 11 is 0. The molecule has 1 radical (unpaired) electrons. The van der Waals surface area contributed by atoms with E-state index in [1.165, 1.54) is 5.34 Å². The first-order chi connectivity index (χ1) is 3.41. The van der Waals surface area contributed by atoms with Crippen LogP contribution in [0.2, 0.25) is 0 Å². The molecule has 0 amide bonds. The summed E-state index contributed by atoms with van der Waals surface area (Å²) in [7, 11) is -4.67. The molecule has 61 valence electrons. The molecular weight excluding hydrogens is 206 g/mol. The molecular formula is H3CuNO6S. The minimum atomic E-state index is -4.67. The van der Waals surface area contributed by atoms with Crippen molar-refractivity contribution in [3.8, 4) is 0 Å². The van der Waals surface area contributed by atoms with Crippen molar-refractivity contribution >= 4 is 10.4 Å². The Labute approximate surface area is 61.1 Å². The molecule has 0 aliphatic heterocycles. The van der Waals surface area contributed by atoms with E-state index in [2.05, 4.69) is 0 Å². The van der Waals surface area contributed by atoms with Gasteiger partial charge in [-0.1, -0.05) is 0 Å². The Bertz CT molecular complexity index is 127. The zero-order valence-corrected chi connectivity index (χ0v) is 5.48. The second-order valence-corrected chi connectivity index (χ2v) is 1.43. The molecule has 0 aromatic carbocycles. The van der Waals surface area contributed by atoms with E-state index in [9.17, 15) is 0 Å². The Kier molecular flexibility index (Phi) is 13.8. The van der Waals surface area contributed by atoms with Crippen LogP contribution in [0.5, 0.6) is 0 Å².